The number of aryl methyl sites for hydroxylation is 1. The number of hydrogen-bond donors (Lipinski definition) is 1. The van der Waals surface area contributed by atoms with Crippen molar-refractivity contribution >= 4 is 5.69 Å². The molecule has 0 aliphatic carbocycles. The predicted octanol–water partition coefficient (Wildman–Crippen LogP) is 4.70. The van der Waals surface area contributed by atoms with E-state index in [4.69, 9.17) is 4.74 Å². The quantitative estimate of drug-likeness (QED) is 0.683. The summed E-state index contributed by atoms with van der Waals surface area (Å²) in [6, 6.07) is 11.4. The molecule has 3 rings (SSSR count). The molecule has 170 valence electrons. The molecule has 1 N–H and O–H groups in total. The molecule has 1 fully saturated rings. The van der Waals surface area contributed by atoms with Crippen LogP contribution in [0.2, 0.25) is 0 Å². The Kier molecular flexibility index (Phi) is 7.49. The number of piperazine rings is 1. The van der Waals surface area contributed by atoms with E-state index in [1.165, 1.54) is 23.3 Å². The van der Waals surface area contributed by atoms with Gasteiger partial charge in [-0.25, -0.2) is 0 Å². The molecule has 1 saturated heterocycles. The Morgan fingerprint density at radius 2 is 1.74 bits per heavy atom. The Morgan fingerprint density at radius 3 is 2.35 bits per heavy atom. The first kappa shape index (κ1) is 23.4. The lowest BCUT2D eigenvalue weighted by Gasteiger charge is -2.37. The van der Waals surface area contributed by atoms with Gasteiger partial charge in [0.15, 0.2) is 0 Å². The third-order valence-electron chi connectivity index (χ3n) is 5.69. The molecule has 0 spiro atoms. The van der Waals surface area contributed by atoms with Crippen molar-refractivity contribution < 1.29 is 23.0 Å². The van der Waals surface area contributed by atoms with Crippen LogP contribution in [0.4, 0.5) is 18.9 Å². The van der Waals surface area contributed by atoms with Gasteiger partial charge < -0.3 is 14.7 Å². The van der Waals surface area contributed by atoms with Crippen LogP contribution in [0.5, 0.6) is 5.75 Å². The molecule has 1 aliphatic rings. The fourth-order valence-electron chi connectivity index (χ4n) is 4.00. The van der Waals surface area contributed by atoms with Gasteiger partial charge in [0.1, 0.15) is 18.5 Å². The molecular weight excluding hydrogens is 405 g/mol. The van der Waals surface area contributed by atoms with E-state index in [0.29, 0.717) is 44.3 Å². The Hall–Kier alpha value is -2.25. The number of ether oxygens (including phenoxy) is 1. The fourth-order valence-corrected chi connectivity index (χ4v) is 4.00. The maximum atomic E-state index is 12.9. The number of β-amino-alcohol motifs (C(OH)–C–C–N with tert-alkyl or cyclic N) is 1. The van der Waals surface area contributed by atoms with Gasteiger partial charge in [0, 0.05) is 38.4 Å². The summed E-state index contributed by atoms with van der Waals surface area (Å²) in [5.41, 5.74) is 2.41. The third kappa shape index (κ3) is 6.37. The summed E-state index contributed by atoms with van der Waals surface area (Å²) in [4.78, 5) is 4.07. The number of aliphatic hydroxyl groups excluding tert-OH is 1. The molecule has 2 aromatic rings. The van der Waals surface area contributed by atoms with Gasteiger partial charge in [0.05, 0.1) is 5.56 Å². The Bertz CT molecular complexity index is 862. The van der Waals surface area contributed by atoms with Gasteiger partial charge in [-0.3, -0.25) is 4.90 Å². The largest absolute Gasteiger partial charge is 0.491 e. The molecule has 1 unspecified atom stereocenters. The summed E-state index contributed by atoms with van der Waals surface area (Å²) in [6.07, 6.45) is -4.97. The van der Waals surface area contributed by atoms with Crippen LogP contribution in [0.15, 0.2) is 42.5 Å². The zero-order valence-electron chi connectivity index (χ0n) is 18.3. The second-order valence-electron chi connectivity index (χ2n) is 8.47. The van der Waals surface area contributed by atoms with Crippen molar-refractivity contribution in [3.05, 3.63) is 59.2 Å². The molecule has 7 heteroatoms. The summed E-state index contributed by atoms with van der Waals surface area (Å²) in [5.74, 6) is 1.20. The normalized spacial score (nSPS) is 16.6. The van der Waals surface area contributed by atoms with Crippen LogP contribution in [0.1, 0.15) is 36.5 Å². The van der Waals surface area contributed by atoms with Crippen molar-refractivity contribution in [2.75, 3.05) is 44.2 Å². The van der Waals surface area contributed by atoms with E-state index in [9.17, 15) is 18.3 Å². The highest BCUT2D eigenvalue weighted by atomic mass is 19.4. The Labute approximate surface area is 182 Å². The minimum Gasteiger partial charge on any atom is -0.491 e. The molecule has 1 aliphatic heterocycles. The van der Waals surface area contributed by atoms with Crippen LogP contribution in [0, 0.1) is 6.92 Å². The highest BCUT2D eigenvalue weighted by Gasteiger charge is 2.31. The lowest BCUT2D eigenvalue weighted by molar-refractivity contribution is -0.137. The second kappa shape index (κ2) is 9.92. The number of alkyl halides is 3. The highest BCUT2D eigenvalue weighted by molar-refractivity contribution is 5.49. The van der Waals surface area contributed by atoms with Crippen molar-refractivity contribution in [2.24, 2.45) is 0 Å². The number of nitrogens with zero attached hydrogens (tertiary/aromatic N) is 2. The number of rotatable bonds is 7. The molecule has 0 radical (unpaired) electrons. The second-order valence-corrected chi connectivity index (χ2v) is 8.47. The van der Waals surface area contributed by atoms with Gasteiger partial charge in [-0.15, -0.1) is 0 Å². The first-order valence-electron chi connectivity index (χ1n) is 10.7. The molecule has 4 nitrogen and oxygen atoms in total. The molecule has 31 heavy (non-hydrogen) atoms. The highest BCUT2D eigenvalue weighted by Crippen LogP contribution is 2.32. The van der Waals surface area contributed by atoms with Crippen LogP contribution in [0.25, 0.3) is 0 Å². The van der Waals surface area contributed by atoms with Crippen molar-refractivity contribution in [3.8, 4) is 5.75 Å². The first-order chi connectivity index (χ1) is 14.6. The molecule has 1 atom stereocenters. The summed E-state index contributed by atoms with van der Waals surface area (Å²) in [7, 11) is 0. The topological polar surface area (TPSA) is 35.9 Å². The van der Waals surface area contributed by atoms with Crippen LogP contribution in [-0.2, 0) is 6.18 Å². The molecule has 0 aromatic heterocycles. The van der Waals surface area contributed by atoms with Gasteiger partial charge in [-0.2, -0.15) is 13.2 Å². The van der Waals surface area contributed by atoms with Gasteiger partial charge >= 0.3 is 6.18 Å². The van der Waals surface area contributed by atoms with E-state index in [0.717, 1.165) is 11.8 Å². The van der Waals surface area contributed by atoms with Crippen molar-refractivity contribution in [1.29, 1.82) is 0 Å². The summed E-state index contributed by atoms with van der Waals surface area (Å²) >= 11 is 0. The van der Waals surface area contributed by atoms with E-state index < -0.39 is 17.8 Å². The Morgan fingerprint density at radius 1 is 1.03 bits per heavy atom. The number of aliphatic hydroxyl groups is 1. The average Bonchev–Trinajstić information content (AvgIpc) is 2.72. The number of hydrogen-bond acceptors (Lipinski definition) is 4. The predicted molar refractivity (Wildman–Crippen MR) is 117 cm³/mol. The molecule has 1 heterocycles. The SMILES string of the molecule is Cc1cc(OCC(O)CN2CCN(c3cccc(C(F)(F)F)c3)CC2)ccc1C(C)C. The Balaban J connectivity index is 1.46. The first-order valence-corrected chi connectivity index (χ1v) is 10.7. The van der Waals surface area contributed by atoms with Gasteiger partial charge in [0.25, 0.3) is 0 Å². The van der Waals surface area contributed by atoms with Crippen molar-refractivity contribution in [2.45, 2.75) is 39.0 Å². The van der Waals surface area contributed by atoms with Crippen molar-refractivity contribution in [1.82, 2.24) is 4.90 Å². The molecule has 2 aromatic carbocycles. The summed E-state index contributed by atoms with van der Waals surface area (Å²) in [5, 5.41) is 10.4. The molecule has 0 bridgehead atoms. The van der Waals surface area contributed by atoms with Gasteiger partial charge in [-0.1, -0.05) is 26.0 Å². The summed E-state index contributed by atoms with van der Waals surface area (Å²) < 4.78 is 44.6. The maximum absolute atomic E-state index is 12.9. The standard InChI is InChI=1S/C24H31F3N2O2/c1-17(2)23-8-7-22(13-18(23)3)31-16-21(30)15-28-9-11-29(12-10-28)20-6-4-5-19(14-20)24(25,26)27/h4-8,13-14,17,21,30H,9-12,15-16H2,1-3H3. The maximum Gasteiger partial charge on any atom is 0.416 e. The summed E-state index contributed by atoms with van der Waals surface area (Å²) in [6.45, 7) is 9.62. The fraction of sp³-hybridized carbons (Fsp3) is 0.500. The van der Waals surface area contributed by atoms with E-state index >= 15 is 0 Å². The molecular formula is C24H31F3N2O2. The van der Waals surface area contributed by atoms with E-state index in [1.807, 2.05) is 17.0 Å². The molecule has 0 amide bonds. The van der Waals surface area contributed by atoms with Crippen LogP contribution >= 0.6 is 0 Å². The number of benzene rings is 2. The zero-order valence-corrected chi connectivity index (χ0v) is 18.3. The van der Waals surface area contributed by atoms with Gasteiger partial charge in [-0.05, 0) is 54.3 Å². The smallest absolute Gasteiger partial charge is 0.416 e. The van der Waals surface area contributed by atoms with E-state index in [-0.39, 0.29) is 6.61 Å². The third-order valence-corrected chi connectivity index (χ3v) is 5.69. The minimum absolute atomic E-state index is 0.203. The number of anilines is 1. The van der Waals surface area contributed by atoms with Crippen LogP contribution in [0.3, 0.4) is 0 Å². The lowest BCUT2D eigenvalue weighted by Crippen LogP contribution is -2.49. The lowest BCUT2D eigenvalue weighted by atomic mass is 9.98. The number of halogens is 3. The monoisotopic (exact) mass is 436 g/mol. The van der Waals surface area contributed by atoms with Crippen LogP contribution < -0.4 is 9.64 Å². The van der Waals surface area contributed by atoms with Crippen LogP contribution in [-0.4, -0.2) is 55.4 Å². The average molecular weight is 437 g/mol. The molecule has 0 saturated carbocycles. The van der Waals surface area contributed by atoms with E-state index in [2.05, 4.69) is 31.7 Å². The van der Waals surface area contributed by atoms with E-state index in [1.54, 1.807) is 6.07 Å². The zero-order chi connectivity index (χ0) is 22.6. The van der Waals surface area contributed by atoms with Crippen molar-refractivity contribution in [3.63, 3.8) is 0 Å². The van der Waals surface area contributed by atoms with Gasteiger partial charge in [0.2, 0.25) is 0 Å². The minimum atomic E-state index is -4.34.